The highest BCUT2D eigenvalue weighted by Gasteiger charge is 2.13. The van der Waals surface area contributed by atoms with Crippen LogP contribution in [0.1, 0.15) is 29.5 Å². The van der Waals surface area contributed by atoms with Crippen LogP contribution < -0.4 is 0 Å². The maximum absolute atomic E-state index is 2.28. The molecule has 0 aliphatic heterocycles. The van der Waals surface area contributed by atoms with E-state index in [1.165, 1.54) is 47.9 Å². The van der Waals surface area contributed by atoms with Crippen molar-refractivity contribution in [1.29, 1.82) is 0 Å². The van der Waals surface area contributed by atoms with E-state index in [4.69, 9.17) is 0 Å². The van der Waals surface area contributed by atoms with Crippen molar-refractivity contribution in [3.05, 3.63) is 59.2 Å². The molecule has 17 heavy (non-hydrogen) atoms. The van der Waals surface area contributed by atoms with Crippen molar-refractivity contribution in [1.82, 2.24) is 0 Å². The zero-order valence-corrected chi connectivity index (χ0v) is 10.4. The van der Waals surface area contributed by atoms with Gasteiger partial charge in [0.2, 0.25) is 0 Å². The van der Waals surface area contributed by atoms with Gasteiger partial charge >= 0.3 is 0 Å². The number of benzene rings is 2. The van der Waals surface area contributed by atoms with Crippen LogP contribution in [0.2, 0.25) is 0 Å². The number of rotatable bonds is 0. The Morgan fingerprint density at radius 3 is 2.47 bits per heavy atom. The van der Waals surface area contributed by atoms with Crippen LogP contribution in [0.15, 0.2) is 42.5 Å². The smallest absolute Gasteiger partial charge is 0.0147 e. The molecular formula is C17H18. The molecule has 0 nitrogen and oxygen atoms in total. The van der Waals surface area contributed by atoms with E-state index in [9.17, 15) is 0 Å². The van der Waals surface area contributed by atoms with Crippen LogP contribution in [0.25, 0.3) is 11.1 Å². The molecule has 0 atom stereocenters. The highest BCUT2D eigenvalue weighted by atomic mass is 14.2. The third-order valence-electron chi connectivity index (χ3n) is 3.84. The van der Waals surface area contributed by atoms with Crippen LogP contribution in [0, 0.1) is 6.92 Å². The van der Waals surface area contributed by atoms with Gasteiger partial charge in [0.15, 0.2) is 0 Å². The Balaban J connectivity index is 2.26. The standard InChI is InChI=1S/C17H18/c1-13-7-6-12-17-15(13)10-4-2-8-14-9-3-5-11-16(14)17/h3,5-7,9,11-12H,2,4,8,10H2,1H3. The maximum atomic E-state index is 2.28. The molecule has 0 heterocycles. The molecule has 1 aliphatic rings. The molecule has 1 aliphatic carbocycles. The van der Waals surface area contributed by atoms with E-state index in [1.54, 1.807) is 5.56 Å². The van der Waals surface area contributed by atoms with Gasteiger partial charge in [0.05, 0.1) is 0 Å². The molecule has 0 aromatic heterocycles. The number of hydrogen-bond donors (Lipinski definition) is 0. The van der Waals surface area contributed by atoms with Crippen molar-refractivity contribution in [2.45, 2.75) is 32.6 Å². The number of aryl methyl sites for hydroxylation is 2. The van der Waals surface area contributed by atoms with Gasteiger partial charge in [-0.3, -0.25) is 0 Å². The predicted molar refractivity (Wildman–Crippen MR) is 73.3 cm³/mol. The van der Waals surface area contributed by atoms with Gasteiger partial charge in [-0.25, -0.2) is 0 Å². The Kier molecular flexibility index (Phi) is 2.72. The van der Waals surface area contributed by atoms with Crippen LogP contribution in [0.3, 0.4) is 0 Å². The number of fused-ring (bicyclic) bond motifs is 3. The molecule has 0 fully saturated rings. The van der Waals surface area contributed by atoms with Crippen LogP contribution in [-0.4, -0.2) is 0 Å². The molecule has 0 N–H and O–H groups in total. The lowest BCUT2D eigenvalue weighted by Gasteiger charge is -2.19. The zero-order valence-electron chi connectivity index (χ0n) is 10.4. The topological polar surface area (TPSA) is 0 Å². The molecule has 0 saturated heterocycles. The van der Waals surface area contributed by atoms with E-state index in [2.05, 4.69) is 49.4 Å². The molecule has 0 bridgehead atoms. The zero-order chi connectivity index (χ0) is 11.7. The summed E-state index contributed by atoms with van der Waals surface area (Å²) < 4.78 is 0. The first-order chi connectivity index (χ1) is 8.36. The molecule has 2 aromatic rings. The summed E-state index contributed by atoms with van der Waals surface area (Å²) >= 11 is 0. The molecule has 0 saturated carbocycles. The molecule has 0 radical (unpaired) electrons. The minimum Gasteiger partial charge on any atom is -0.0620 e. The molecular weight excluding hydrogens is 204 g/mol. The highest BCUT2D eigenvalue weighted by Crippen LogP contribution is 2.32. The van der Waals surface area contributed by atoms with Crippen molar-refractivity contribution in [3.8, 4) is 11.1 Å². The van der Waals surface area contributed by atoms with Crippen LogP contribution in [0.4, 0.5) is 0 Å². The molecule has 3 rings (SSSR count). The van der Waals surface area contributed by atoms with Gasteiger partial charge in [0.25, 0.3) is 0 Å². The summed E-state index contributed by atoms with van der Waals surface area (Å²) in [5.74, 6) is 0. The fourth-order valence-corrected chi connectivity index (χ4v) is 2.90. The van der Waals surface area contributed by atoms with Crippen LogP contribution in [-0.2, 0) is 12.8 Å². The molecule has 0 amide bonds. The van der Waals surface area contributed by atoms with Crippen molar-refractivity contribution >= 4 is 0 Å². The third-order valence-corrected chi connectivity index (χ3v) is 3.84. The van der Waals surface area contributed by atoms with E-state index >= 15 is 0 Å². The van der Waals surface area contributed by atoms with Crippen LogP contribution in [0.5, 0.6) is 0 Å². The predicted octanol–water partition coefficient (Wildman–Crippen LogP) is 4.54. The molecule has 0 heteroatoms. The first-order valence-electron chi connectivity index (χ1n) is 6.53. The molecule has 2 aromatic carbocycles. The Labute approximate surface area is 103 Å². The monoisotopic (exact) mass is 222 g/mol. The number of hydrogen-bond acceptors (Lipinski definition) is 0. The Hall–Kier alpha value is -1.56. The van der Waals surface area contributed by atoms with Gasteiger partial charge in [-0.2, -0.15) is 0 Å². The Bertz CT molecular complexity index is 537. The van der Waals surface area contributed by atoms with Crippen molar-refractivity contribution in [3.63, 3.8) is 0 Å². The van der Waals surface area contributed by atoms with Gasteiger partial charge in [-0.1, -0.05) is 42.5 Å². The van der Waals surface area contributed by atoms with Crippen molar-refractivity contribution < 1.29 is 0 Å². The third kappa shape index (κ3) is 1.88. The minimum atomic E-state index is 1.23. The Morgan fingerprint density at radius 2 is 1.53 bits per heavy atom. The van der Waals surface area contributed by atoms with Crippen molar-refractivity contribution in [2.24, 2.45) is 0 Å². The highest BCUT2D eigenvalue weighted by molar-refractivity contribution is 5.72. The minimum absolute atomic E-state index is 1.23. The largest absolute Gasteiger partial charge is 0.0620 e. The maximum Gasteiger partial charge on any atom is -0.0147 e. The summed E-state index contributed by atoms with van der Waals surface area (Å²) in [5.41, 5.74) is 7.42. The first-order valence-corrected chi connectivity index (χ1v) is 6.53. The van der Waals surface area contributed by atoms with Crippen molar-refractivity contribution in [2.75, 3.05) is 0 Å². The van der Waals surface area contributed by atoms with Crippen LogP contribution >= 0.6 is 0 Å². The fourth-order valence-electron chi connectivity index (χ4n) is 2.90. The normalized spacial score (nSPS) is 14.4. The second kappa shape index (κ2) is 4.37. The van der Waals surface area contributed by atoms with Gasteiger partial charge in [0.1, 0.15) is 0 Å². The fraction of sp³-hybridized carbons (Fsp3) is 0.294. The lowest BCUT2D eigenvalue weighted by molar-refractivity contribution is 0.727. The summed E-state index contributed by atoms with van der Waals surface area (Å²) in [6, 6.07) is 15.6. The van der Waals surface area contributed by atoms with E-state index in [1.807, 2.05) is 0 Å². The van der Waals surface area contributed by atoms with Gasteiger partial charge < -0.3 is 0 Å². The SMILES string of the molecule is Cc1cccc2c1CCCCc1ccccc1-2. The molecule has 0 spiro atoms. The summed E-state index contributed by atoms with van der Waals surface area (Å²) in [7, 11) is 0. The summed E-state index contributed by atoms with van der Waals surface area (Å²) in [6.45, 7) is 2.24. The summed E-state index contributed by atoms with van der Waals surface area (Å²) in [5, 5.41) is 0. The molecule has 86 valence electrons. The molecule has 0 unspecified atom stereocenters. The van der Waals surface area contributed by atoms with Gasteiger partial charge in [-0.15, -0.1) is 0 Å². The average molecular weight is 222 g/mol. The lowest BCUT2D eigenvalue weighted by atomic mass is 9.86. The second-order valence-corrected chi connectivity index (χ2v) is 4.97. The first kappa shape index (κ1) is 10.6. The Morgan fingerprint density at radius 1 is 0.765 bits per heavy atom. The van der Waals surface area contributed by atoms with E-state index < -0.39 is 0 Å². The quantitative estimate of drug-likeness (QED) is 0.614. The average Bonchev–Trinajstić information content (AvgIpc) is 2.33. The van der Waals surface area contributed by atoms with E-state index in [0.717, 1.165) is 0 Å². The second-order valence-electron chi connectivity index (χ2n) is 4.97. The van der Waals surface area contributed by atoms with E-state index in [-0.39, 0.29) is 0 Å². The van der Waals surface area contributed by atoms with Gasteiger partial charge in [0, 0.05) is 0 Å². The van der Waals surface area contributed by atoms with Gasteiger partial charge in [-0.05, 0) is 60.4 Å². The summed E-state index contributed by atoms with van der Waals surface area (Å²) in [4.78, 5) is 0. The summed E-state index contributed by atoms with van der Waals surface area (Å²) in [6.07, 6.45) is 5.08. The van der Waals surface area contributed by atoms with E-state index in [0.29, 0.717) is 0 Å². The lowest BCUT2D eigenvalue weighted by Crippen LogP contribution is -2.01.